The van der Waals surface area contributed by atoms with E-state index in [1.807, 2.05) is 24.4 Å². The van der Waals surface area contributed by atoms with Gasteiger partial charge in [-0.2, -0.15) is 0 Å². The van der Waals surface area contributed by atoms with Crippen LogP contribution in [0, 0.1) is 12.8 Å². The first-order valence-electron chi connectivity index (χ1n) is 12.9. The number of phenols is 1. The smallest absolute Gasteiger partial charge is 0.115 e. The Hall–Kier alpha value is -1.95. The van der Waals surface area contributed by atoms with Crippen molar-refractivity contribution in [3.8, 4) is 5.75 Å². The lowest BCUT2D eigenvalue weighted by Crippen LogP contribution is -2.71. The largest absolute Gasteiger partial charge is 0.508 e. The Morgan fingerprint density at radius 2 is 1.91 bits per heavy atom. The summed E-state index contributed by atoms with van der Waals surface area (Å²) in [6.07, 6.45) is 9.17. The van der Waals surface area contributed by atoms with E-state index in [2.05, 4.69) is 33.8 Å². The van der Waals surface area contributed by atoms with Crippen molar-refractivity contribution in [2.24, 2.45) is 5.92 Å². The molecule has 1 saturated carbocycles. The molecule has 2 aliphatic heterocycles. The number of rotatable bonds is 5. The molecule has 2 saturated heterocycles. The van der Waals surface area contributed by atoms with Crippen LogP contribution in [0.1, 0.15) is 54.5 Å². The number of aliphatic hydroxyl groups is 1. The number of nitrogens with zero attached hydrogens (tertiary/aromatic N) is 3. The first kappa shape index (κ1) is 21.6. The van der Waals surface area contributed by atoms with Crippen LogP contribution in [-0.4, -0.2) is 69.4 Å². The minimum absolute atomic E-state index is 0.182. The van der Waals surface area contributed by atoms with Crippen LogP contribution < -0.4 is 0 Å². The van der Waals surface area contributed by atoms with Gasteiger partial charge >= 0.3 is 0 Å². The van der Waals surface area contributed by atoms with Crippen LogP contribution in [0.2, 0.25) is 0 Å². The number of aryl methyl sites for hydroxylation is 1. The Kier molecular flexibility index (Phi) is 5.28. The fourth-order valence-corrected chi connectivity index (χ4v) is 7.18. The topological polar surface area (TPSA) is 59.8 Å². The summed E-state index contributed by atoms with van der Waals surface area (Å²) in [4.78, 5) is 9.76. The van der Waals surface area contributed by atoms with Crippen molar-refractivity contribution >= 4 is 0 Å². The fraction of sp³-hybridized carbons (Fsp3) is 0.607. The maximum absolute atomic E-state index is 12.6. The van der Waals surface area contributed by atoms with Gasteiger partial charge in [0.05, 0.1) is 5.60 Å². The molecule has 5 heteroatoms. The molecule has 1 aromatic heterocycles. The Balaban J connectivity index is 1.31. The van der Waals surface area contributed by atoms with E-state index in [1.165, 1.54) is 35.2 Å². The standard InChI is InChI=1S/C28H37N3O2/c1-20-3-2-12-29-25(20)8-13-30-14-9-27-10-16-31(19-21-4-5-21)26(28(27,33)11-15-30)17-22-6-7-23(32)18-24(22)27/h2-3,6-7,12,18,21,26,32-33H,4-5,8-11,13-17,19H2,1H3. The maximum Gasteiger partial charge on any atom is 0.115 e. The van der Waals surface area contributed by atoms with Crippen LogP contribution in [0.15, 0.2) is 36.5 Å². The van der Waals surface area contributed by atoms with Crippen molar-refractivity contribution in [2.45, 2.75) is 68.9 Å². The predicted octanol–water partition coefficient (Wildman–Crippen LogP) is 3.44. The van der Waals surface area contributed by atoms with Gasteiger partial charge in [0, 0.05) is 49.4 Å². The zero-order valence-electron chi connectivity index (χ0n) is 19.8. The molecule has 0 amide bonds. The van der Waals surface area contributed by atoms with Gasteiger partial charge in [-0.15, -0.1) is 0 Å². The van der Waals surface area contributed by atoms with Crippen LogP contribution in [0.4, 0.5) is 0 Å². The molecule has 176 valence electrons. The van der Waals surface area contributed by atoms with Gasteiger partial charge in [-0.25, -0.2) is 0 Å². The van der Waals surface area contributed by atoms with E-state index in [1.54, 1.807) is 0 Å². The highest BCUT2D eigenvalue weighted by molar-refractivity contribution is 5.48. The lowest BCUT2D eigenvalue weighted by Gasteiger charge is -2.61. The molecule has 4 aliphatic rings. The van der Waals surface area contributed by atoms with Gasteiger partial charge < -0.3 is 15.1 Å². The van der Waals surface area contributed by atoms with Crippen LogP contribution in [0.25, 0.3) is 0 Å². The van der Waals surface area contributed by atoms with E-state index >= 15 is 0 Å². The number of hydrogen-bond donors (Lipinski definition) is 2. The van der Waals surface area contributed by atoms with Crippen LogP contribution in [0.3, 0.4) is 0 Å². The first-order chi connectivity index (χ1) is 16.0. The molecule has 3 unspecified atom stereocenters. The van der Waals surface area contributed by atoms with Gasteiger partial charge in [-0.1, -0.05) is 12.1 Å². The van der Waals surface area contributed by atoms with Gasteiger partial charge in [0.25, 0.3) is 0 Å². The van der Waals surface area contributed by atoms with Crippen molar-refractivity contribution in [2.75, 3.05) is 32.7 Å². The van der Waals surface area contributed by atoms with Gasteiger partial charge in [0.2, 0.25) is 0 Å². The fourth-order valence-electron chi connectivity index (χ4n) is 7.18. The molecule has 5 nitrogen and oxygen atoms in total. The second-order valence-electron chi connectivity index (χ2n) is 11.1. The molecular formula is C28H37N3O2. The average molecular weight is 448 g/mol. The minimum atomic E-state index is -0.739. The molecule has 1 aromatic carbocycles. The van der Waals surface area contributed by atoms with Crippen molar-refractivity contribution in [3.63, 3.8) is 0 Å². The number of pyridine rings is 1. The summed E-state index contributed by atoms with van der Waals surface area (Å²) in [5.74, 6) is 1.15. The zero-order valence-corrected chi connectivity index (χ0v) is 19.8. The maximum atomic E-state index is 12.6. The molecule has 3 fully saturated rings. The number of likely N-dealkylation sites (tertiary alicyclic amines) is 2. The highest BCUT2D eigenvalue weighted by atomic mass is 16.3. The lowest BCUT2D eigenvalue weighted by molar-refractivity contribution is -0.149. The molecule has 3 heterocycles. The van der Waals surface area contributed by atoms with Gasteiger partial charge in [-0.05, 0) is 99.3 Å². The van der Waals surface area contributed by atoms with Crippen molar-refractivity contribution in [1.82, 2.24) is 14.8 Å². The van der Waals surface area contributed by atoms with Crippen molar-refractivity contribution < 1.29 is 10.2 Å². The van der Waals surface area contributed by atoms with Crippen LogP contribution >= 0.6 is 0 Å². The highest BCUT2D eigenvalue weighted by Gasteiger charge is 2.63. The first-order valence-corrected chi connectivity index (χ1v) is 12.9. The van der Waals surface area contributed by atoms with E-state index < -0.39 is 5.60 Å². The van der Waals surface area contributed by atoms with E-state index in [9.17, 15) is 10.2 Å². The Bertz CT molecular complexity index is 1040. The molecule has 2 N–H and O–H groups in total. The molecule has 0 spiro atoms. The highest BCUT2D eigenvalue weighted by Crippen LogP contribution is 2.56. The molecule has 33 heavy (non-hydrogen) atoms. The summed E-state index contributed by atoms with van der Waals surface area (Å²) in [7, 11) is 0. The van der Waals surface area contributed by atoms with Crippen LogP contribution in [0.5, 0.6) is 5.75 Å². The third-order valence-corrected chi connectivity index (χ3v) is 9.31. The van der Waals surface area contributed by atoms with Gasteiger partial charge in [-0.3, -0.25) is 9.88 Å². The van der Waals surface area contributed by atoms with Crippen molar-refractivity contribution in [3.05, 3.63) is 58.9 Å². The Morgan fingerprint density at radius 1 is 1.09 bits per heavy atom. The molecule has 6 rings (SSSR count). The monoisotopic (exact) mass is 447 g/mol. The van der Waals surface area contributed by atoms with Gasteiger partial charge in [0.1, 0.15) is 5.75 Å². The zero-order chi connectivity index (χ0) is 22.6. The molecule has 0 radical (unpaired) electrons. The number of phenolic OH excluding ortho intramolecular Hbond substituents is 1. The van der Waals surface area contributed by atoms with Gasteiger partial charge in [0.15, 0.2) is 0 Å². The number of aromatic hydroxyl groups is 1. The van der Waals surface area contributed by atoms with E-state index in [0.717, 1.165) is 70.7 Å². The average Bonchev–Trinajstić information content (AvgIpc) is 3.63. The molecule has 2 bridgehead atoms. The van der Waals surface area contributed by atoms with Crippen molar-refractivity contribution in [1.29, 1.82) is 0 Å². The molecule has 3 atom stereocenters. The quantitative estimate of drug-likeness (QED) is 0.735. The third-order valence-electron chi connectivity index (χ3n) is 9.31. The molecule has 2 aromatic rings. The summed E-state index contributed by atoms with van der Waals surface area (Å²) < 4.78 is 0. The number of aromatic nitrogens is 1. The summed E-state index contributed by atoms with van der Waals surface area (Å²) in [6, 6.07) is 10.2. The summed E-state index contributed by atoms with van der Waals surface area (Å²) in [5, 5.41) is 23.0. The van der Waals surface area contributed by atoms with E-state index in [4.69, 9.17) is 0 Å². The van der Waals surface area contributed by atoms with E-state index in [0.29, 0.717) is 5.75 Å². The SMILES string of the molecule is Cc1cccnc1CCN1CCC23CCN(CC4CC4)C(Cc4ccc(O)cc42)C3(O)CC1. The number of piperidine rings is 1. The summed E-state index contributed by atoms with van der Waals surface area (Å²) in [5.41, 5.74) is 3.99. The van der Waals surface area contributed by atoms with E-state index in [-0.39, 0.29) is 11.5 Å². The number of hydrogen-bond acceptors (Lipinski definition) is 5. The second-order valence-corrected chi connectivity index (χ2v) is 11.1. The second kappa shape index (κ2) is 8.07. The molecular weight excluding hydrogens is 410 g/mol. The summed E-state index contributed by atoms with van der Waals surface area (Å²) >= 11 is 0. The normalized spacial score (nSPS) is 32.1. The minimum Gasteiger partial charge on any atom is -0.508 e. The Labute approximate surface area is 197 Å². The number of benzene rings is 1. The number of fused-ring (bicyclic) bond motifs is 1. The lowest BCUT2D eigenvalue weighted by atomic mass is 9.52. The van der Waals surface area contributed by atoms with Crippen LogP contribution in [-0.2, 0) is 18.3 Å². The third kappa shape index (κ3) is 3.60. The summed E-state index contributed by atoms with van der Waals surface area (Å²) in [6.45, 7) is 7.23. The predicted molar refractivity (Wildman–Crippen MR) is 129 cm³/mol. The molecule has 2 aliphatic carbocycles. The Morgan fingerprint density at radius 3 is 2.73 bits per heavy atom.